The summed E-state index contributed by atoms with van der Waals surface area (Å²) in [6.45, 7) is 3.65. The molecule has 1 amide bonds. The molecule has 166 valence electrons. The highest BCUT2D eigenvalue weighted by molar-refractivity contribution is 8.27. The lowest BCUT2D eigenvalue weighted by Crippen LogP contribution is -2.35. The third kappa shape index (κ3) is 3.71. The highest BCUT2D eigenvalue weighted by Crippen LogP contribution is 2.36. The Labute approximate surface area is 189 Å². The lowest BCUT2D eigenvalue weighted by Gasteiger charge is -2.20. The van der Waals surface area contributed by atoms with Crippen LogP contribution in [-0.4, -0.2) is 44.8 Å². The number of nitrogens with one attached hydrogen (secondary N) is 1. The molecule has 1 N–H and O–H groups in total. The number of hydrogen-bond acceptors (Lipinski definition) is 5. The van der Waals surface area contributed by atoms with Gasteiger partial charge < -0.3 is 9.30 Å². The van der Waals surface area contributed by atoms with Crippen LogP contribution in [0.15, 0.2) is 39.9 Å². The number of thioether (sulfide) groups is 1. The smallest absolute Gasteiger partial charge is 0.441 e. The summed E-state index contributed by atoms with van der Waals surface area (Å²) >= 11 is 6.37. The standard InChI is InChI=1S/C20H15ClF3N5O2S/c1-9-6-11(10(2)28(9)14-8-12(21)4-5-15(14)31-3)7-13-16(25)29-19(26-17(13)30)32-18(27-29)20(22,23)24/h4-8,25H,1-3H3/b13-7+,25-16?. The van der Waals surface area contributed by atoms with Crippen LogP contribution < -0.4 is 4.74 Å². The third-order valence-electron chi connectivity index (χ3n) is 4.85. The number of amidine groups is 2. The van der Waals surface area contributed by atoms with Crippen molar-refractivity contribution < 1.29 is 22.7 Å². The Morgan fingerprint density at radius 1 is 1.25 bits per heavy atom. The molecule has 0 saturated carbocycles. The van der Waals surface area contributed by atoms with Gasteiger partial charge in [-0.15, -0.1) is 0 Å². The first kappa shape index (κ1) is 22.2. The number of hydrogen-bond donors (Lipinski definition) is 1. The summed E-state index contributed by atoms with van der Waals surface area (Å²) in [5.41, 5.74) is 2.60. The summed E-state index contributed by atoms with van der Waals surface area (Å²) in [6.07, 6.45) is -3.27. The minimum atomic E-state index is -4.70. The number of aliphatic imine (C=N–C) groups is 1. The van der Waals surface area contributed by atoms with Gasteiger partial charge in [-0.3, -0.25) is 10.2 Å². The fraction of sp³-hybridized carbons (Fsp3) is 0.200. The number of carbonyl (C=O) groups is 1. The van der Waals surface area contributed by atoms with E-state index >= 15 is 0 Å². The summed E-state index contributed by atoms with van der Waals surface area (Å²) < 4.78 is 46.3. The van der Waals surface area contributed by atoms with Crippen molar-refractivity contribution in [1.29, 1.82) is 5.41 Å². The van der Waals surface area contributed by atoms with Gasteiger partial charge >= 0.3 is 6.18 Å². The van der Waals surface area contributed by atoms with Crippen LogP contribution in [0.4, 0.5) is 13.2 Å². The van der Waals surface area contributed by atoms with Gasteiger partial charge in [-0.05, 0) is 61.5 Å². The number of rotatable bonds is 3. The average Bonchev–Trinajstić information content (AvgIpc) is 3.26. The quantitative estimate of drug-likeness (QED) is 0.630. The second-order valence-corrected chi connectivity index (χ2v) is 8.29. The van der Waals surface area contributed by atoms with Crippen LogP contribution in [0.5, 0.6) is 5.75 Å². The van der Waals surface area contributed by atoms with Gasteiger partial charge in [0.15, 0.2) is 5.84 Å². The van der Waals surface area contributed by atoms with Crippen molar-refractivity contribution in [1.82, 2.24) is 9.58 Å². The molecule has 1 aromatic heterocycles. The van der Waals surface area contributed by atoms with E-state index in [4.69, 9.17) is 21.7 Å². The van der Waals surface area contributed by atoms with Crippen LogP contribution in [-0.2, 0) is 4.79 Å². The minimum absolute atomic E-state index is 0.167. The highest BCUT2D eigenvalue weighted by Gasteiger charge is 2.46. The number of halogens is 4. The molecule has 3 heterocycles. The number of aromatic nitrogens is 1. The summed E-state index contributed by atoms with van der Waals surface area (Å²) in [5.74, 6) is -0.705. The number of fused-ring (bicyclic) bond motifs is 1. The molecule has 0 aliphatic carbocycles. The number of nitrogens with zero attached hydrogens (tertiary/aromatic N) is 4. The maximum Gasteiger partial charge on any atom is 0.441 e. The van der Waals surface area contributed by atoms with E-state index in [1.54, 1.807) is 31.2 Å². The fourth-order valence-electron chi connectivity index (χ4n) is 3.40. The predicted molar refractivity (Wildman–Crippen MR) is 118 cm³/mol. The molecule has 1 aromatic carbocycles. The molecule has 0 bridgehead atoms. The molecule has 7 nitrogen and oxygen atoms in total. The summed E-state index contributed by atoms with van der Waals surface area (Å²) in [5, 5.41) is 11.4. The molecule has 2 aliphatic heterocycles. The van der Waals surface area contributed by atoms with E-state index in [9.17, 15) is 18.0 Å². The SMILES string of the molecule is COc1ccc(Cl)cc1-n1c(C)cc(/C=C2\C(=N)N3N=C(C(F)(F)F)SC3=NC2=O)c1C. The molecule has 32 heavy (non-hydrogen) atoms. The van der Waals surface area contributed by atoms with E-state index in [1.807, 2.05) is 11.5 Å². The molecule has 0 atom stereocenters. The molecule has 0 radical (unpaired) electrons. The third-order valence-corrected chi connectivity index (χ3v) is 6.04. The zero-order chi connectivity index (χ0) is 23.4. The molecule has 0 unspecified atom stereocenters. The molecular formula is C20H15ClF3N5O2S. The Morgan fingerprint density at radius 3 is 2.62 bits per heavy atom. The molecule has 4 rings (SSSR count). The largest absolute Gasteiger partial charge is 0.495 e. The van der Waals surface area contributed by atoms with Gasteiger partial charge in [0.25, 0.3) is 5.91 Å². The van der Waals surface area contributed by atoms with E-state index in [2.05, 4.69) is 10.1 Å². The number of benzene rings is 1. The Kier molecular flexibility index (Phi) is 5.41. The zero-order valence-electron chi connectivity index (χ0n) is 16.9. The van der Waals surface area contributed by atoms with Gasteiger partial charge in [-0.1, -0.05) is 11.6 Å². The first-order valence-electron chi connectivity index (χ1n) is 9.11. The van der Waals surface area contributed by atoms with Gasteiger partial charge in [-0.25, -0.2) is 0 Å². The molecule has 2 aromatic rings. The zero-order valence-corrected chi connectivity index (χ0v) is 18.5. The Morgan fingerprint density at radius 2 is 1.97 bits per heavy atom. The van der Waals surface area contributed by atoms with Crippen LogP contribution in [0.2, 0.25) is 5.02 Å². The second kappa shape index (κ2) is 7.82. The molecule has 2 aliphatic rings. The van der Waals surface area contributed by atoms with Crippen LogP contribution >= 0.6 is 23.4 Å². The van der Waals surface area contributed by atoms with Crippen molar-refractivity contribution in [2.45, 2.75) is 20.0 Å². The summed E-state index contributed by atoms with van der Waals surface area (Å²) in [4.78, 5) is 16.2. The minimum Gasteiger partial charge on any atom is -0.495 e. The van der Waals surface area contributed by atoms with Gasteiger partial charge in [-0.2, -0.15) is 28.3 Å². The van der Waals surface area contributed by atoms with Crippen LogP contribution in [0.1, 0.15) is 17.0 Å². The predicted octanol–water partition coefficient (Wildman–Crippen LogP) is 4.94. The second-order valence-electron chi connectivity index (χ2n) is 6.90. The average molecular weight is 482 g/mol. The maximum atomic E-state index is 13.0. The van der Waals surface area contributed by atoms with Crippen molar-refractivity contribution in [2.24, 2.45) is 10.1 Å². The van der Waals surface area contributed by atoms with Crippen molar-refractivity contribution in [3.63, 3.8) is 0 Å². The Hall–Kier alpha value is -3.05. The van der Waals surface area contributed by atoms with Crippen molar-refractivity contribution in [3.8, 4) is 11.4 Å². The molecule has 12 heteroatoms. The maximum absolute atomic E-state index is 13.0. The van der Waals surface area contributed by atoms with E-state index in [-0.39, 0.29) is 22.5 Å². The van der Waals surface area contributed by atoms with E-state index in [0.29, 0.717) is 27.7 Å². The van der Waals surface area contributed by atoms with Crippen molar-refractivity contribution in [3.05, 3.63) is 51.8 Å². The number of carbonyl (C=O) groups excluding carboxylic acids is 1. The topological polar surface area (TPSA) is 83.0 Å². The number of amides is 1. The van der Waals surface area contributed by atoms with Gasteiger partial charge in [0, 0.05) is 16.4 Å². The van der Waals surface area contributed by atoms with Gasteiger partial charge in [0.2, 0.25) is 10.2 Å². The molecule has 0 spiro atoms. The van der Waals surface area contributed by atoms with E-state index in [1.165, 1.54) is 13.2 Å². The summed E-state index contributed by atoms with van der Waals surface area (Å²) in [6, 6.07) is 6.94. The first-order valence-corrected chi connectivity index (χ1v) is 10.3. The first-order chi connectivity index (χ1) is 15.0. The Balaban J connectivity index is 1.77. The number of alkyl halides is 3. The molecular weight excluding hydrogens is 467 g/mol. The number of aryl methyl sites for hydroxylation is 1. The van der Waals surface area contributed by atoms with Gasteiger partial charge in [0.05, 0.1) is 18.4 Å². The number of ether oxygens (including phenoxy) is 1. The van der Waals surface area contributed by atoms with Crippen molar-refractivity contribution in [2.75, 3.05) is 7.11 Å². The number of hydrazone groups is 1. The van der Waals surface area contributed by atoms with Crippen LogP contribution in [0.25, 0.3) is 11.8 Å². The highest BCUT2D eigenvalue weighted by atomic mass is 35.5. The van der Waals surface area contributed by atoms with Crippen molar-refractivity contribution >= 4 is 51.4 Å². The Bertz CT molecular complexity index is 1260. The van der Waals surface area contributed by atoms with E-state index in [0.717, 1.165) is 10.7 Å². The van der Waals surface area contributed by atoms with E-state index < -0.39 is 23.0 Å². The number of methoxy groups -OCH3 is 1. The lowest BCUT2D eigenvalue weighted by atomic mass is 10.1. The molecule has 0 saturated heterocycles. The molecule has 0 fully saturated rings. The summed E-state index contributed by atoms with van der Waals surface area (Å²) in [7, 11) is 1.53. The van der Waals surface area contributed by atoms with Crippen LogP contribution in [0.3, 0.4) is 0 Å². The lowest BCUT2D eigenvalue weighted by molar-refractivity contribution is -0.114. The normalized spacial score (nSPS) is 17.6. The van der Waals surface area contributed by atoms with Crippen LogP contribution in [0, 0.1) is 19.3 Å². The fourth-order valence-corrected chi connectivity index (χ4v) is 4.33. The monoisotopic (exact) mass is 481 g/mol. The van der Waals surface area contributed by atoms with Gasteiger partial charge in [0.1, 0.15) is 5.75 Å².